The van der Waals surface area contributed by atoms with Crippen molar-refractivity contribution in [2.24, 2.45) is 5.92 Å². The van der Waals surface area contributed by atoms with Crippen LogP contribution in [0.5, 0.6) is 0 Å². The molecule has 0 amide bonds. The van der Waals surface area contributed by atoms with Gasteiger partial charge in [-0.15, -0.1) is 0 Å². The average Bonchev–Trinajstić information content (AvgIpc) is 2.19. The fraction of sp³-hybridized carbons (Fsp3) is 1.00. The lowest BCUT2D eigenvalue weighted by Crippen LogP contribution is -2.33. The van der Waals surface area contributed by atoms with Gasteiger partial charge in [0.1, 0.15) is 0 Å². The molecule has 1 saturated carbocycles. The van der Waals surface area contributed by atoms with E-state index in [0.29, 0.717) is 6.61 Å². The average molecular weight is 185 g/mol. The summed E-state index contributed by atoms with van der Waals surface area (Å²) in [6.45, 7) is 3.60. The molecule has 0 aliphatic heterocycles. The molecule has 0 saturated heterocycles. The summed E-state index contributed by atoms with van der Waals surface area (Å²) in [5, 5.41) is 12.1. The molecule has 0 aromatic rings. The highest BCUT2D eigenvalue weighted by molar-refractivity contribution is 4.76. The molecule has 13 heavy (non-hydrogen) atoms. The maximum Gasteiger partial charge on any atom is 0.0443 e. The van der Waals surface area contributed by atoms with Crippen LogP contribution in [0.1, 0.15) is 45.4 Å². The van der Waals surface area contributed by atoms with E-state index in [1.807, 2.05) is 0 Å². The zero-order valence-electron chi connectivity index (χ0n) is 8.76. The van der Waals surface area contributed by atoms with Crippen molar-refractivity contribution in [3.05, 3.63) is 0 Å². The van der Waals surface area contributed by atoms with E-state index < -0.39 is 0 Å². The first-order chi connectivity index (χ1) is 6.36. The van der Waals surface area contributed by atoms with Crippen molar-refractivity contribution in [1.29, 1.82) is 0 Å². The Labute approximate surface area is 81.7 Å². The van der Waals surface area contributed by atoms with E-state index in [-0.39, 0.29) is 0 Å². The molecule has 0 unspecified atom stereocenters. The van der Waals surface area contributed by atoms with Gasteiger partial charge in [0.25, 0.3) is 0 Å². The number of hydrogen-bond acceptors (Lipinski definition) is 2. The minimum atomic E-state index is 0.317. The third-order valence-electron chi connectivity index (χ3n) is 3.19. The van der Waals surface area contributed by atoms with Crippen molar-refractivity contribution in [3.8, 4) is 0 Å². The molecular weight excluding hydrogens is 162 g/mol. The van der Waals surface area contributed by atoms with Crippen LogP contribution >= 0.6 is 0 Å². The summed E-state index contributed by atoms with van der Waals surface area (Å²) >= 11 is 0. The van der Waals surface area contributed by atoms with Crippen molar-refractivity contribution in [2.45, 2.75) is 51.5 Å². The van der Waals surface area contributed by atoms with Crippen LogP contribution in [0.4, 0.5) is 0 Å². The Morgan fingerprint density at radius 1 is 1.23 bits per heavy atom. The normalized spacial score (nSPS) is 29.1. The Hall–Kier alpha value is -0.0800. The summed E-state index contributed by atoms with van der Waals surface area (Å²) in [6.07, 6.45) is 7.71. The van der Waals surface area contributed by atoms with E-state index in [9.17, 15) is 0 Å². The topological polar surface area (TPSA) is 32.3 Å². The Morgan fingerprint density at radius 3 is 2.46 bits per heavy atom. The lowest BCUT2D eigenvalue weighted by atomic mass is 9.84. The first-order valence-electron chi connectivity index (χ1n) is 5.71. The van der Waals surface area contributed by atoms with Gasteiger partial charge >= 0.3 is 0 Å². The van der Waals surface area contributed by atoms with Gasteiger partial charge in [-0.25, -0.2) is 0 Å². The maximum absolute atomic E-state index is 8.64. The molecule has 0 radical (unpaired) electrons. The first kappa shape index (κ1) is 11.0. The maximum atomic E-state index is 8.64. The van der Waals surface area contributed by atoms with Crippen LogP contribution in [-0.4, -0.2) is 24.3 Å². The van der Waals surface area contributed by atoms with Gasteiger partial charge in [-0.2, -0.15) is 0 Å². The van der Waals surface area contributed by atoms with Gasteiger partial charge in [-0.1, -0.05) is 13.3 Å². The molecule has 2 nitrogen and oxygen atoms in total. The van der Waals surface area contributed by atoms with Crippen LogP contribution in [-0.2, 0) is 0 Å². The van der Waals surface area contributed by atoms with Crippen molar-refractivity contribution in [3.63, 3.8) is 0 Å². The van der Waals surface area contributed by atoms with Crippen molar-refractivity contribution in [1.82, 2.24) is 5.32 Å². The van der Waals surface area contributed by atoms with Gasteiger partial charge in [0.15, 0.2) is 0 Å². The highest BCUT2D eigenvalue weighted by atomic mass is 16.3. The van der Waals surface area contributed by atoms with E-state index in [1.165, 1.54) is 32.1 Å². The fourth-order valence-electron chi connectivity index (χ4n) is 2.16. The van der Waals surface area contributed by atoms with Crippen molar-refractivity contribution in [2.75, 3.05) is 13.2 Å². The predicted molar refractivity (Wildman–Crippen MR) is 55.7 cm³/mol. The standard InChI is InChI=1S/C11H23NO/c1-2-10-4-6-11(7-5-10)12-8-3-9-13/h10-13H,2-9H2,1H3. The molecule has 1 rings (SSSR count). The van der Waals surface area contributed by atoms with E-state index in [4.69, 9.17) is 5.11 Å². The zero-order chi connectivity index (χ0) is 9.52. The van der Waals surface area contributed by atoms with Gasteiger partial charge in [0.2, 0.25) is 0 Å². The molecule has 0 atom stereocenters. The summed E-state index contributed by atoms with van der Waals surface area (Å²) in [4.78, 5) is 0. The Morgan fingerprint density at radius 2 is 1.92 bits per heavy atom. The lowest BCUT2D eigenvalue weighted by Gasteiger charge is -2.28. The molecule has 0 aromatic heterocycles. The minimum absolute atomic E-state index is 0.317. The van der Waals surface area contributed by atoms with Crippen molar-refractivity contribution >= 4 is 0 Å². The summed E-state index contributed by atoms with van der Waals surface area (Å²) in [5.74, 6) is 0.982. The zero-order valence-corrected chi connectivity index (χ0v) is 8.76. The molecular formula is C11H23NO. The molecule has 0 heterocycles. The number of nitrogens with one attached hydrogen (secondary N) is 1. The molecule has 1 fully saturated rings. The predicted octanol–water partition coefficient (Wildman–Crippen LogP) is 1.93. The molecule has 1 aliphatic rings. The molecule has 0 aromatic carbocycles. The second kappa shape index (κ2) is 6.39. The number of hydrogen-bond donors (Lipinski definition) is 2. The fourth-order valence-corrected chi connectivity index (χ4v) is 2.16. The second-order valence-electron chi connectivity index (χ2n) is 4.16. The monoisotopic (exact) mass is 185 g/mol. The quantitative estimate of drug-likeness (QED) is 0.641. The summed E-state index contributed by atoms with van der Waals surface area (Å²) in [6, 6.07) is 0.731. The van der Waals surface area contributed by atoms with Gasteiger partial charge < -0.3 is 10.4 Å². The Bertz CT molecular complexity index is 117. The summed E-state index contributed by atoms with van der Waals surface area (Å²) in [7, 11) is 0. The summed E-state index contributed by atoms with van der Waals surface area (Å²) < 4.78 is 0. The van der Waals surface area contributed by atoms with Crippen molar-refractivity contribution < 1.29 is 5.11 Å². The highest BCUT2D eigenvalue weighted by Gasteiger charge is 2.18. The molecule has 1 aliphatic carbocycles. The van der Waals surface area contributed by atoms with Gasteiger partial charge in [0.05, 0.1) is 0 Å². The Kier molecular flexibility index (Phi) is 5.40. The van der Waals surface area contributed by atoms with E-state index in [2.05, 4.69) is 12.2 Å². The molecule has 78 valence electrons. The molecule has 2 heteroatoms. The van der Waals surface area contributed by atoms with Gasteiger partial charge in [0, 0.05) is 12.6 Å². The van der Waals surface area contributed by atoms with Gasteiger partial charge in [-0.05, 0) is 44.6 Å². The third-order valence-corrected chi connectivity index (χ3v) is 3.19. The van der Waals surface area contributed by atoms with Crippen LogP contribution in [0.2, 0.25) is 0 Å². The summed E-state index contributed by atoms with van der Waals surface area (Å²) in [5.41, 5.74) is 0. The van der Waals surface area contributed by atoms with Crippen LogP contribution in [0.25, 0.3) is 0 Å². The largest absolute Gasteiger partial charge is 0.396 e. The SMILES string of the molecule is CCC1CCC(NCCCO)CC1. The van der Waals surface area contributed by atoms with Crippen LogP contribution < -0.4 is 5.32 Å². The Balaban J connectivity index is 2.03. The number of rotatable bonds is 5. The second-order valence-corrected chi connectivity index (χ2v) is 4.16. The first-order valence-corrected chi connectivity index (χ1v) is 5.71. The molecule has 2 N–H and O–H groups in total. The van der Waals surface area contributed by atoms with Crippen LogP contribution in [0.15, 0.2) is 0 Å². The van der Waals surface area contributed by atoms with E-state index >= 15 is 0 Å². The van der Waals surface area contributed by atoms with E-state index in [1.54, 1.807) is 0 Å². The molecule has 0 bridgehead atoms. The number of aliphatic hydroxyl groups is 1. The highest BCUT2D eigenvalue weighted by Crippen LogP contribution is 2.26. The van der Waals surface area contributed by atoms with Crippen LogP contribution in [0, 0.1) is 5.92 Å². The van der Waals surface area contributed by atoms with Gasteiger partial charge in [-0.3, -0.25) is 0 Å². The third kappa shape index (κ3) is 4.10. The molecule has 0 spiro atoms. The van der Waals surface area contributed by atoms with Crippen LogP contribution in [0.3, 0.4) is 0 Å². The smallest absolute Gasteiger partial charge is 0.0443 e. The van der Waals surface area contributed by atoms with E-state index in [0.717, 1.165) is 24.9 Å². The minimum Gasteiger partial charge on any atom is -0.396 e. The number of aliphatic hydroxyl groups excluding tert-OH is 1. The lowest BCUT2D eigenvalue weighted by molar-refractivity contribution is 0.261.